The first-order valence-corrected chi connectivity index (χ1v) is 13.1. The first kappa shape index (κ1) is 27.8. The summed E-state index contributed by atoms with van der Waals surface area (Å²) in [6, 6.07) is 9.79. The lowest BCUT2D eigenvalue weighted by atomic mass is 10.1. The number of nitrogens with zero attached hydrogens (tertiary/aromatic N) is 3. The van der Waals surface area contributed by atoms with Crippen LogP contribution >= 0.6 is 0 Å². The number of rotatable bonds is 9. The van der Waals surface area contributed by atoms with E-state index in [9.17, 15) is 17.2 Å². The molecule has 0 aliphatic rings. The van der Waals surface area contributed by atoms with Crippen molar-refractivity contribution in [3.05, 3.63) is 107 Å². The molecule has 4 rings (SSSR count). The largest absolute Gasteiger partial charge is 0.497 e. The summed E-state index contributed by atoms with van der Waals surface area (Å²) < 4.78 is 91.8. The molecule has 1 atom stereocenters. The Morgan fingerprint density at radius 2 is 1.69 bits per heavy atom. The number of aromatic nitrogens is 2. The highest BCUT2D eigenvalue weighted by Gasteiger charge is 2.33. The summed E-state index contributed by atoms with van der Waals surface area (Å²) in [5.41, 5.74) is 0.989. The zero-order chi connectivity index (χ0) is 28.3. The fourth-order valence-electron chi connectivity index (χ4n) is 4.02. The van der Waals surface area contributed by atoms with Crippen LogP contribution in [0.5, 0.6) is 5.75 Å². The van der Waals surface area contributed by atoms with E-state index in [1.54, 1.807) is 25.1 Å². The van der Waals surface area contributed by atoms with Gasteiger partial charge in [0.05, 0.1) is 19.7 Å². The summed E-state index contributed by atoms with van der Waals surface area (Å²) in [7, 11) is -3.34. The van der Waals surface area contributed by atoms with Crippen LogP contribution in [-0.4, -0.2) is 25.5 Å². The van der Waals surface area contributed by atoms with Crippen LogP contribution in [0.25, 0.3) is 0 Å². The fourth-order valence-corrected chi connectivity index (χ4v) is 5.52. The van der Waals surface area contributed by atoms with E-state index in [0.29, 0.717) is 16.9 Å². The van der Waals surface area contributed by atoms with Gasteiger partial charge in [-0.2, -0.15) is 0 Å². The summed E-state index contributed by atoms with van der Waals surface area (Å²) in [6.45, 7) is 2.92. The van der Waals surface area contributed by atoms with Gasteiger partial charge in [0, 0.05) is 23.5 Å². The smallest absolute Gasteiger partial charge is 0.271 e. The van der Waals surface area contributed by atoms with Crippen molar-refractivity contribution in [1.82, 2.24) is 9.97 Å². The minimum atomic E-state index is -4.83. The molecule has 0 amide bonds. The Bertz CT molecular complexity index is 1580. The molecule has 7 nitrogen and oxygen atoms in total. The Morgan fingerprint density at radius 1 is 0.974 bits per heavy atom. The van der Waals surface area contributed by atoms with Crippen molar-refractivity contribution in [2.24, 2.45) is 0 Å². The molecule has 0 aliphatic heterocycles. The molecule has 0 aliphatic carbocycles. The molecule has 1 heterocycles. The third-order valence-corrected chi connectivity index (χ3v) is 7.84. The van der Waals surface area contributed by atoms with Gasteiger partial charge in [-0.15, -0.1) is 0 Å². The highest BCUT2D eigenvalue weighted by Crippen LogP contribution is 2.32. The minimum absolute atomic E-state index is 0.0719. The maximum Gasteiger partial charge on any atom is 0.271 e. The van der Waals surface area contributed by atoms with Gasteiger partial charge in [0.1, 0.15) is 41.2 Å². The van der Waals surface area contributed by atoms with Crippen molar-refractivity contribution in [3.63, 3.8) is 0 Å². The van der Waals surface area contributed by atoms with Gasteiger partial charge >= 0.3 is 0 Å². The molecule has 3 aromatic carbocycles. The van der Waals surface area contributed by atoms with Crippen LogP contribution in [0.15, 0.2) is 72.0 Å². The molecule has 0 unspecified atom stereocenters. The minimum Gasteiger partial charge on any atom is -0.497 e. The Hall–Kier alpha value is -4.19. The van der Waals surface area contributed by atoms with E-state index < -0.39 is 44.2 Å². The molecule has 0 saturated carbocycles. The van der Waals surface area contributed by atoms with E-state index in [-0.39, 0.29) is 23.6 Å². The molecule has 4 aromatic rings. The molecule has 12 heteroatoms. The third-order valence-electron chi connectivity index (χ3n) is 6.04. The zero-order valence-electron chi connectivity index (χ0n) is 21.1. The van der Waals surface area contributed by atoms with Crippen molar-refractivity contribution in [2.75, 3.05) is 16.7 Å². The number of ether oxygens (including phenoxy) is 1. The number of hydrogen-bond acceptors (Lipinski definition) is 6. The molecule has 0 spiro atoms. The number of halogens is 4. The van der Waals surface area contributed by atoms with E-state index >= 15 is 8.78 Å². The van der Waals surface area contributed by atoms with E-state index in [4.69, 9.17) is 4.74 Å². The van der Waals surface area contributed by atoms with Crippen LogP contribution in [0.3, 0.4) is 0 Å². The van der Waals surface area contributed by atoms with Gasteiger partial charge < -0.3 is 10.1 Å². The molecular weight excluding hydrogens is 536 g/mol. The van der Waals surface area contributed by atoms with E-state index in [2.05, 4.69) is 15.3 Å². The van der Waals surface area contributed by atoms with Crippen LogP contribution in [0, 0.1) is 30.2 Å². The molecule has 0 saturated heterocycles. The number of aryl methyl sites for hydroxylation is 1. The Morgan fingerprint density at radius 3 is 2.31 bits per heavy atom. The zero-order valence-corrected chi connectivity index (χ0v) is 21.9. The van der Waals surface area contributed by atoms with Crippen LogP contribution in [0.4, 0.5) is 29.1 Å². The average Bonchev–Trinajstić information content (AvgIpc) is 2.89. The number of anilines is 2. The summed E-state index contributed by atoms with van der Waals surface area (Å²) >= 11 is 0. The highest BCUT2D eigenvalue weighted by molar-refractivity contribution is 7.92. The first-order chi connectivity index (χ1) is 18.5. The lowest BCUT2D eigenvalue weighted by Gasteiger charge is -2.25. The van der Waals surface area contributed by atoms with E-state index in [1.165, 1.54) is 26.3 Å². The Labute approximate surface area is 223 Å². The molecule has 1 N–H and O–H groups in total. The topological polar surface area (TPSA) is 84.4 Å². The second-order valence-corrected chi connectivity index (χ2v) is 10.5. The van der Waals surface area contributed by atoms with Gasteiger partial charge in [-0.25, -0.2) is 40.3 Å². The van der Waals surface area contributed by atoms with Crippen LogP contribution < -0.4 is 14.4 Å². The Kier molecular flexibility index (Phi) is 8.05. The van der Waals surface area contributed by atoms with Crippen LogP contribution in [0.1, 0.15) is 29.7 Å². The molecule has 39 heavy (non-hydrogen) atoms. The van der Waals surface area contributed by atoms with Crippen LogP contribution in [-0.2, 0) is 16.6 Å². The summed E-state index contributed by atoms with van der Waals surface area (Å²) in [5.74, 6) is -3.71. The molecule has 0 radical (unpaired) electrons. The van der Waals surface area contributed by atoms with Gasteiger partial charge in [0.15, 0.2) is 4.90 Å². The van der Waals surface area contributed by atoms with E-state index in [1.807, 2.05) is 0 Å². The fraction of sp³-hybridized carbons (Fsp3) is 0.185. The standard InChI is InChI=1S/C27H24F4N4O3S/c1-16-10-21(38-3)6-4-18(16)14-35(26-8-9-32-15-33-26)39(36,37)27-24(30)12-20(13-25(27)31)34-17(2)22-11-19(28)5-7-23(22)29/h4-13,15,17,34H,14H2,1-3H3/t17-/m0/s1. The first-order valence-electron chi connectivity index (χ1n) is 11.6. The second-order valence-electron chi connectivity index (χ2n) is 8.67. The molecule has 0 fully saturated rings. The summed E-state index contributed by atoms with van der Waals surface area (Å²) in [6.07, 6.45) is 2.42. The van der Waals surface area contributed by atoms with Crippen molar-refractivity contribution < 1.29 is 30.7 Å². The molecule has 204 valence electrons. The van der Waals surface area contributed by atoms with Gasteiger partial charge in [-0.05, 0) is 67.4 Å². The maximum atomic E-state index is 15.3. The summed E-state index contributed by atoms with van der Waals surface area (Å²) in [5, 5.41) is 2.68. The lowest BCUT2D eigenvalue weighted by Crippen LogP contribution is -2.33. The number of sulfonamides is 1. The Balaban J connectivity index is 1.72. The predicted molar refractivity (Wildman–Crippen MR) is 138 cm³/mol. The number of benzene rings is 3. The highest BCUT2D eigenvalue weighted by atomic mass is 32.2. The normalized spacial score (nSPS) is 12.2. The van der Waals surface area contributed by atoms with Crippen molar-refractivity contribution in [1.29, 1.82) is 0 Å². The number of nitrogens with one attached hydrogen (secondary N) is 1. The van der Waals surface area contributed by atoms with Crippen molar-refractivity contribution in [3.8, 4) is 5.75 Å². The molecular formula is C27H24F4N4O3S. The lowest BCUT2D eigenvalue weighted by molar-refractivity contribution is 0.414. The quantitative estimate of drug-likeness (QED) is 0.256. The number of hydrogen-bond donors (Lipinski definition) is 1. The third kappa shape index (κ3) is 5.95. The SMILES string of the molecule is COc1ccc(CN(c2ccncn2)S(=O)(=O)c2c(F)cc(N[C@@H](C)c3cc(F)ccc3F)cc2F)c(C)c1. The van der Waals surface area contributed by atoms with Gasteiger partial charge in [-0.1, -0.05) is 6.07 Å². The van der Waals surface area contributed by atoms with Crippen LogP contribution in [0.2, 0.25) is 0 Å². The van der Waals surface area contributed by atoms with Gasteiger partial charge in [0.2, 0.25) is 0 Å². The van der Waals surface area contributed by atoms with Gasteiger partial charge in [0.25, 0.3) is 10.0 Å². The predicted octanol–water partition coefficient (Wildman–Crippen LogP) is 5.92. The average molecular weight is 561 g/mol. The maximum absolute atomic E-state index is 15.3. The van der Waals surface area contributed by atoms with Crippen molar-refractivity contribution >= 4 is 21.5 Å². The summed E-state index contributed by atoms with van der Waals surface area (Å²) in [4.78, 5) is 6.58. The second kappa shape index (κ2) is 11.3. The van der Waals surface area contributed by atoms with Gasteiger partial charge in [-0.3, -0.25) is 0 Å². The van der Waals surface area contributed by atoms with E-state index in [0.717, 1.165) is 41.0 Å². The molecule has 1 aromatic heterocycles. The molecule has 0 bridgehead atoms. The number of methoxy groups -OCH3 is 1. The van der Waals surface area contributed by atoms with Crippen molar-refractivity contribution in [2.45, 2.75) is 31.3 Å². The monoisotopic (exact) mass is 560 g/mol.